The second-order valence-corrected chi connectivity index (χ2v) is 6.48. The molecule has 0 aliphatic carbocycles. The normalized spacial score (nSPS) is 19.4. The summed E-state index contributed by atoms with van der Waals surface area (Å²) in [6.07, 6.45) is -0.573. The Morgan fingerprint density at radius 3 is 2.32 bits per heavy atom. The Morgan fingerprint density at radius 1 is 0.864 bits per heavy atom. The van der Waals surface area contributed by atoms with Crippen LogP contribution in [0.2, 0.25) is 0 Å². The zero-order valence-electron chi connectivity index (χ0n) is 12.8. The molecular weight excluding hydrogens is 270 g/mol. The lowest BCUT2D eigenvalue weighted by Gasteiger charge is -2.30. The third-order valence-electron chi connectivity index (χ3n) is 4.76. The van der Waals surface area contributed by atoms with Crippen molar-refractivity contribution in [3.63, 3.8) is 0 Å². The van der Waals surface area contributed by atoms with Crippen molar-refractivity contribution < 1.29 is 5.11 Å². The lowest BCUT2D eigenvalue weighted by molar-refractivity contribution is 0.119. The van der Waals surface area contributed by atoms with Gasteiger partial charge in [0.1, 0.15) is 6.23 Å². The van der Waals surface area contributed by atoms with Gasteiger partial charge < -0.3 is 10.0 Å². The Balaban J connectivity index is 2.06. The molecule has 1 aliphatic heterocycles. The van der Waals surface area contributed by atoms with Crippen molar-refractivity contribution in [1.29, 1.82) is 0 Å². The fourth-order valence-electron chi connectivity index (χ4n) is 3.48. The van der Waals surface area contributed by atoms with Crippen LogP contribution in [0.15, 0.2) is 66.7 Å². The molecule has 0 saturated heterocycles. The van der Waals surface area contributed by atoms with Crippen molar-refractivity contribution in [2.45, 2.75) is 25.5 Å². The summed E-state index contributed by atoms with van der Waals surface area (Å²) in [6, 6.07) is 22.8. The smallest absolute Gasteiger partial charge is 0.140 e. The monoisotopic (exact) mass is 289 g/mol. The molecule has 3 aromatic rings. The summed E-state index contributed by atoms with van der Waals surface area (Å²) in [7, 11) is 0. The van der Waals surface area contributed by atoms with Gasteiger partial charge in [-0.2, -0.15) is 0 Å². The molecule has 1 aliphatic rings. The first-order valence-electron chi connectivity index (χ1n) is 7.65. The number of para-hydroxylation sites is 1. The van der Waals surface area contributed by atoms with E-state index in [1.165, 1.54) is 16.3 Å². The predicted molar refractivity (Wildman–Crippen MR) is 91.6 cm³/mol. The van der Waals surface area contributed by atoms with E-state index in [1.807, 2.05) is 18.2 Å². The van der Waals surface area contributed by atoms with Gasteiger partial charge in [-0.25, -0.2) is 0 Å². The van der Waals surface area contributed by atoms with Crippen LogP contribution in [-0.4, -0.2) is 11.3 Å². The molecular formula is C20H19NO. The van der Waals surface area contributed by atoms with Crippen LogP contribution in [0, 0.1) is 0 Å². The number of aliphatic hydroxyl groups is 1. The molecule has 4 rings (SSSR count). The summed E-state index contributed by atoms with van der Waals surface area (Å²) in [5.74, 6) is 0. The minimum absolute atomic E-state index is 0.310. The molecule has 2 nitrogen and oxygen atoms in total. The van der Waals surface area contributed by atoms with Crippen LogP contribution in [0.4, 0.5) is 11.4 Å². The number of hydrogen-bond acceptors (Lipinski definition) is 2. The molecule has 3 aromatic carbocycles. The van der Waals surface area contributed by atoms with Gasteiger partial charge in [-0.3, -0.25) is 0 Å². The Morgan fingerprint density at radius 2 is 1.55 bits per heavy atom. The number of anilines is 2. The van der Waals surface area contributed by atoms with Crippen LogP contribution in [0.5, 0.6) is 0 Å². The topological polar surface area (TPSA) is 23.5 Å². The van der Waals surface area contributed by atoms with Crippen molar-refractivity contribution >= 4 is 22.1 Å². The van der Waals surface area contributed by atoms with Gasteiger partial charge in [0.15, 0.2) is 0 Å². The molecule has 110 valence electrons. The fourth-order valence-corrected chi connectivity index (χ4v) is 3.48. The van der Waals surface area contributed by atoms with Gasteiger partial charge in [0.25, 0.3) is 0 Å². The summed E-state index contributed by atoms with van der Waals surface area (Å²) in [4.78, 5) is 2.07. The molecule has 22 heavy (non-hydrogen) atoms. The van der Waals surface area contributed by atoms with Crippen LogP contribution in [0.3, 0.4) is 0 Å². The molecule has 0 bridgehead atoms. The van der Waals surface area contributed by atoms with E-state index < -0.39 is 6.23 Å². The Labute approximate surface area is 130 Å². The van der Waals surface area contributed by atoms with Crippen molar-refractivity contribution in [3.8, 4) is 0 Å². The highest BCUT2D eigenvalue weighted by atomic mass is 16.3. The third kappa shape index (κ3) is 1.71. The van der Waals surface area contributed by atoms with E-state index in [0.717, 1.165) is 11.4 Å². The first-order chi connectivity index (χ1) is 10.6. The van der Waals surface area contributed by atoms with E-state index in [9.17, 15) is 5.11 Å². The van der Waals surface area contributed by atoms with Gasteiger partial charge in [0, 0.05) is 16.5 Å². The molecule has 0 radical (unpaired) electrons. The second kappa shape index (κ2) is 4.59. The second-order valence-electron chi connectivity index (χ2n) is 6.48. The molecule has 1 unspecified atom stereocenters. The largest absolute Gasteiger partial charge is 0.372 e. The van der Waals surface area contributed by atoms with Crippen LogP contribution in [0.25, 0.3) is 10.8 Å². The molecule has 1 atom stereocenters. The third-order valence-corrected chi connectivity index (χ3v) is 4.76. The highest BCUT2D eigenvalue weighted by molar-refractivity contribution is 6.00. The van der Waals surface area contributed by atoms with Crippen molar-refractivity contribution in [3.05, 3.63) is 72.3 Å². The lowest BCUT2D eigenvalue weighted by atomic mass is 9.84. The molecule has 0 aromatic heterocycles. The minimum atomic E-state index is -0.573. The summed E-state index contributed by atoms with van der Waals surface area (Å²) in [6.45, 7) is 4.21. The molecule has 0 spiro atoms. The van der Waals surface area contributed by atoms with Gasteiger partial charge in [-0.1, -0.05) is 68.4 Å². The molecule has 2 heteroatoms. The quantitative estimate of drug-likeness (QED) is 0.708. The highest BCUT2D eigenvalue weighted by Crippen LogP contribution is 2.50. The van der Waals surface area contributed by atoms with E-state index in [-0.39, 0.29) is 5.41 Å². The van der Waals surface area contributed by atoms with E-state index in [1.54, 1.807) is 0 Å². The number of fused-ring (bicyclic) bond motifs is 3. The van der Waals surface area contributed by atoms with Crippen LogP contribution in [-0.2, 0) is 5.41 Å². The van der Waals surface area contributed by atoms with Crippen LogP contribution in [0.1, 0.15) is 19.4 Å². The molecule has 0 saturated carbocycles. The highest BCUT2D eigenvalue weighted by Gasteiger charge is 2.45. The maximum absolute atomic E-state index is 11.0. The van der Waals surface area contributed by atoms with Gasteiger partial charge in [-0.15, -0.1) is 0 Å². The summed E-state index contributed by atoms with van der Waals surface area (Å²) in [5, 5.41) is 13.4. The van der Waals surface area contributed by atoms with Crippen molar-refractivity contribution in [2.24, 2.45) is 0 Å². The Kier molecular flexibility index (Phi) is 2.78. The predicted octanol–water partition coefficient (Wildman–Crippen LogP) is 4.59. The first-order valence-corrected chi connectivity index (χ1v) is 7.65. The van der Waals surface area contributed by atoms with Gasteiger partial charge in [0.05, 0.1) is 5.69 Å². The Bertz CT molecular complexity index is 839. The zero-order chi connectivity index (χ0) is 15.3. The average molecular weight is 289 g/mol. The first kappa shape index (κ1) is 13.4. The van der Waals surface area contributed by atoms with Gasteiger partial charge in [0.2, 0.25) is 0 Å². The van der Waals surface area contributed by atoms with E-state index >= 15 is 0 Å². The molecule has 1 N–H and O–H groups in total. The summed E-state index contributed by atoms with van der Waals surface area (Å²) in [5.41, 5.74) is 3.04. The zero-order valence-corrected chi connectivity index (χ0v) is 12.8. The fraction of sp³-hybridized carbons (Fsp3) is 0.200. The van der Waals surface area contributed by atoms with E-state index in [0.29, 0.717) is 0 Å². The molecule has 0 fully saturated rings. The molecule has 1 heterocycles. The van der Waals surface area contributed by atoms with Crippen molar-refractivity contribution in [1.82, 2.24) is 0 Å². The number of hydrogen-bond donors (Lipinski definition) is 1. The maximum atomic E-state index is 11.0. The standard InChI is InChI=1S/C20H19NO/c1-20(2)17-13-12-14-8-6-7-11-16(14)18(17)21(19(20)22)15-9-4-3-5-10-15/h3-13,19,22H,1-2H3. The summed E-state index contributed by atoms with van der Waals surface area (Å²) >= 11 is 0. The van der Waals surface area contributed by atoms with E-state index in [4.69, 9.17) is 0 Å². The van der Waals surface area contributed by atoms with Crippen molar-refractivity contribution in [2.75, 3.05) is 4.90 Å². The van der Waals surface area contributed by atoms with Gasteiger partial charge >= 0.3 is 0 Å². The summed E-state index contributed by atoms with van der Waals surface area (Å²) < 4.78 is 0. The van der Waals surface area contributed by atoms with Crippen LogP contribution >= 0.6 is 0 Å². The number of benzene rings is 3. The SMILES string of the molecule is CC1(C)c2ccc3ccccc3c2N(c2ccccc2)C1O. The number of rotatable bonds is 1. The maximum Gasteiger partial charge on any atom is 0.140 e. The molecule has 0 amide bonds. The lowest BCUT2D eigenvalue weighted by Crippen LogP contribution is -2.38. The minimum Gasteiger partial charge on any atom is -0.372 e. The number of nitrogens with zero attached hydrogens (tertiary/aromatic N) is 1. The Hall–Kier alpha value is -2.32. The van der Waals surface area contributed by atoms with Crippen LogP contribution < -0.4 is 4.90 Å². The average Bonchev–Trinajstić information content (AvgIpc) is 2.76. The van der Waals surface area contributed by atoms with Gasteiger partial charge in [-0.05, 0) is 23.1 Å². The number of aliphatic hydroxyl groups excluding tert-OH is 1. The van der Waals surface area contributed by atoms with E-state index in [2.05, 4.69) is 67.3 Å².